The molecule has 4 heteroatoms. The molecule has 0 bridgehead atoms. The number of nitriles is 1. The predicted octanol–water partition coefficient (Wildman–Crippen LogP) is 4.54. The highest BCUT2D eigenvalue weighted by Gasteiger charge is 2.27. The van der Waals surface area contributed by atoms with Crippen molar-refractivity contribution in [2.45, 2.75) is 44.8 Å². The van der Waals surface area contributed by atoms with Crippen molar-refractivity contribution in [3.05, 3.63) is 53.2 Å². The second-order valence-electron chi connectivity index (χ2n) is 7.88. The zero-order valence-electron chi connectivity index (χ0n) is 15.5. The lowest BCUT2D eigenvalue weighted by molar-refractivity contribution is 0.178. The molecule has 1 saturated carbocycles. The van der Waals surface area contributed by atoms with Crippen molar-refractivity contribution in [3.63, 3.8) is 0 Å². The van der Waals surface area contributed by atoms with Crippen molar-refractivity contribution >= 4 is 16.6 Å². The Balaban J connectivity index is 1.77. The number of aromatic nitrogens is 1. The van der Waals surface area contributed by atoms with Crippen molar-refractivity contribution in [2.75, 3.05) is 11.9 Å². The van der Waals surface area contributed by atoms with Gasteiger partial charge in [0.05, 0.1) is 17.7 Å². The van der Waals surface area contributed by atoms with Crippen LogP contribution in [0.3, 0.4) is 0 Å². The summed E-state index contributed by atoms with van der Waals surface area (Å²) in [5.41, 5.74) is 7.95. The molecule has 3 aromatic rings. The molecule has 0 unspecified atom stereocenters. The number of rotatable bonds is 2. The first-order valence-electron chi connectivity index (χ1n) is 9.75. The van der Waals surface area contributed by atoms with Crippen molar-refractivity contribution in [2.24, 2.45) is 0 Å². The van der Waals surface area contributed by atoms with Gasteiger partial charge in [0.15, 0.2) is 0 Å². The molecule has 2 aromatic carbocycles. The van der Waals surface area contributed by atoms with Crippen LogP contribution < -0.4 is 5.32 Å². The first-order chi connectivity index (χ1) is 13.2. The molecule has 27 heavy (non-hydrogen) atoms. The fraction of sp³-hybridized carbons (Fsp3) is 0.348. The molecule has 2 heterocycles. The largest absolute Gasteiger partial charge is 0.393 e. The molecule has 0 amide bonds. The molecular weight excluding hydrogens is 334 g/mol. The minimum absolute atomic E-state index is 0.208. The molecule has 0 spiro atoms. The van der Waals surface area contributed by atoms with E-state index in [1.54, 1.807) is 0 Å². The van der Waals surface area contributed by atoms with Gasteiger partial charge in [-0.15, -0.1) is 0 Å². The van der Waals surface area contributed by atoms with E-state index < -0.39 is 0 Å². The maximum absolute atomic E-state index is 10.1. The van der Waals surface area contributed by atoms with E-state index in [-0.39, 0.29) is 6.10 Å². The summed E-state index contributed by atoms with van der Waals surface area (Å²) in [7, 11) is 0. The summed E-state index contributed by atoms with van der Waals surface area (Å²) >= 11 is 0. The molecular formula is C23H23N3O. The summed E-state index contributed by atoms with van der Waals surface area (Å²) < 4.78 is 2.34. The van der Waals surface area contributed by atoms with Gasteiger partial charge in [0.1, 0.15) is 0 Å². The minimum atomic E-state index is -0.208. The van der Waals surface area contributed by atoms with Gasteiger partial charge in [-0.25, -0.2) is 0 Å². The van der Waals surface area contributed by atoms with E-state index in [1.165, 1.54) is 27.9 Å². The zero-order valence-corrected chi connectivity index (χ0v) is 15.5. The number of aliphatic hydroxyl groups is 1. The van der Waals surface area contributed by atoms with Crippen molar-refractivity contribution in [1.82, 2.24) is 4.57 Å². The smallest absolute Gasteiger partial charge is 0.0994 e. The van der Waals surface area contributed by atoms with Crippen LogP contribution in [-0.2, 0) is 6.42 Å². The topological polar surface area (TPSA) is 61.0 Å². The van der Waals surface area contributed by atoms with Gasteiger partial charge in [0, 0.05) is 40.9 Å². The second-order valence-corrected chi connectivity index (χ2v) is 7.88. The fourth-order valence-corrected chi connectivity index (χ4v) is 4.82. The summed E-state index contributed by atoms with van der Waals surface area (Å²) in [4.78, 5) is 0. The average molecular weight is 357 g/mol. The standard InChI is InChI=1S/C23H23N3O/c1-14-9-23-20(10-15(14)12-24)21(13-26(23)16-5-6-17(27)11-16)18-3-2-4-22-19(18)7-8-25-22/h2-4,9-10,13,16-17,25,27H,5-8,11H2,1H3/t16-,17-/m1/s1. The molecule has 1 aliphatic carbocycles. The van der Waals surface area contributed by atoms with Crippen LogP contribution in [0.5, 0.6) is 0 Å². The average Bonchev–Trinajstić information content (AvgIpc) is 3.38. The van der Waals surface area contributed by atoms with Gasteiger partial charge in [-0.3, -0.25) is 0 Å². The number of nitrogens with one attached hydrogen (secondary N) is 1. The molecule has 2 aliphatic rings. The van der Waals surface area contributed by atoms with Crippen LogP contribution in [0.1, 0.15) is 42.0 Å². The van der Waals surface area contributed by atoms with Crippen LogP contribution in [0.4, 0.5) is 5.69 Å². The summed E-state index contributed by atoms with van der Waals surface area (Å²) in [6.45, 7) is 2.98. The zero-order chi connectivity index (χ0) is 18.5. The van der Waals surface area contributed by atoms with E-state index in [0.29, 0.717) is 6.04 Å². The number of nitrogens with zero attached hydrogens (tertiary/aromatic N) is 2. The maximum Gasteiger partial charge on any atom is 0.0994 e. The predicted molar refractivity (Wildman–Crippen MR) is 108 cm³/mol. The van der Waals surface area contributed by atoms with E-state index in [9.17, 15) is 10.4 Å². The number of hydrogen-bond donors (Lipinski definition) is 2. The van der Waals surface area contributed by atoms with E-state index >= 15 is 0 Å². The van der Waals surface area contributed by atoms with Crippen LogP contribution in [-0.4, -0.2) is 22.3 Å². The normalized spacial score (nSPS) is 21.2. The van der Waals surface area contributed by atoms with Crippen LogP contribution in [0.25, 0.3) is 22.0 Å². The van der Waals surface area contributed by atoms with Gasteiger partial charge < -0.3 is 15.0 Å². The molecule has 2 atom stereocenters. The molecule has 4 nitrogen and oxygen atoms in total. The molecule has 0 radical (unpaired) electrons. The van der Waals surface area contributed by atoms with Gasteiger partial charge >= 0.3 is 0 Å². The highest BCUT2D eigenvalue weighted by Crippen LogP contribution is 2.41. The fourth-order valence-electron chi connectivity index (χ4n) is 4.82. The number of hydrogen-bond acceptors (Lipinski definition) is 3. The molecule has 0 saturated heterocycles. The van der Waals surface area contributed by atoms with Gasteiger partial charge in [0.25, 0.3) is 0 Å². The van der Waals surface area contributed by atoms with Crippen molar-refractivity contribution < 1.29 is 5.11 Å². The molecule has 1 aromatic heterocycles. The third kappa shape index (κ3) is 2.54. The Morgan fingerprint density at radius 1 is 1.22 bits per heavy atom. The lowest BCUT2D eigenvalue weighted by atomic mass is 9.96. The minimum Gasteiger partial charge on any atom is -0.393 e. The van der Waals surface area contributed by atoms with E-state index in [1.807, 2.05) is 13.0 Å². The third-order valence-electron chi connectivity index (χ3n) is 6.23. The summed E-state index contributed by atoms with van der Waals surface area (Å²) in [5, 5.41) is 24.2. The molecule has 5 rings (SSSR count). The van der Waals surface area contributed by atoms with E-state index in [0.717, 1.165) is 48.7 Å². The van der Waals surface area contributed by atoms with Crippen molar-refractivity contribution in [1.29, 1.82) is 5.26 Å². The lowest BCUT2D eigenvalue weighted by Gasteiger charge is -2.14. The van der Waals surface area contributed by atoms with Crippen molar-refractivity contribution in [3.8, 4) is 17.2 Å². The summed E-state index contributed by atoms with van der Waals surface area (Å²) in [5.74, 6) is 0. The SMILES string of the molecule is Cc1cc2c(cc1C#N)c(-c1cccc3c1CCN3)cn2[C@@H]1CC[C@@H](O)C1. The quantitative estimate of drug-likeness (QED) is 0.708. The molecule has 1 fully saturated rings. The summed E-state index contributed by atoms with van der Waals surface area (Å²) in [6.07, 6.45) is 5.73. The molecule has 2 N–H and O–H groups in total. The Kier molecular flexibility index (Phi) is 3.73. The first kappa shape index (κ1) is 16.4. The monoisotopic (exact) mass is 357 g/mol. The van der Waals surface area contributed by atoms with Crippen LogP contribution >= 0.6 is 0 Å². The number of fused-ring (bicyclic) bond motifs is 2. The Morgan fingerprint density at radius 2 is 2.11 bits per heavy atom. The maximum atomic E-state index is 10.1. The molecule has 1 aliphatic heterocycles. The number of anilines is 1. The van der Waals surface area contributed by atoms with E-state index in [4.69, 9.17) is 0 Å². The molecule has 136 valence electrons. The Hall–Kier alpha value is -2.77. The second kappa shape index (κ2) is 6.14. The van der Waals surface area contributed by atoms with Gasteiger partial charge in [0.2, 0.25) is 0 Å². The van der Waals surface area contributed by atoms with Crippen LogP contribution in [0.2, 0.25) is 0 Å². The highest BCUT2D eigenvalue weighted by molar-refractivity contribution is 5.99. The number of benzene rings is 2. The Labute approximate surface area is 159 Å². The number of aryl methyl sites for hydroxylation is 1. The van der Waals surface area contributed by atoms with E-state index in [2.05, 4.69) is 46.4 Å². The third-order valence-corrected chi connectivity index (χ3v) is 6.23. The van der Waals surface area contributed by atoms with Crippen LogP contribution in [0, 0.1) is 18.3 Å². The number of aliphatic hydroxyl groups excluding tert-OH is 1. The van der Waals surface area contributed by atoms with Gasteiger partial charge in [-0.2, -0.15) is 5.26 Å². The van der Waals surface area contributed by atoms with Crippen LogP contribution in [0.15, 0.2) is 36.5 Å². The first-order valence-corrected chi connectivity index (χ1v) is 9.75. The lowest BCUT2D eigenvalue weighted by Crippen LogP contribution is -2.06. The Morgan fingerprint density at radius 3 is 2.89 bits per heavy atom. The van der Waals surface area contributed by atoms with Gasteiger partial charge in [-0.1, -0.05) is 12.1 Å². The Bertz CT molecular complexity index is 1090. The summed E-state index contributed by atoms with van der Waals surface area (Å²) in [6, 6.07) is 13.3. The van der Waals surface area contributed by atoms with Gasteiger partial charge in [-0.05, 0) is 67.5 Å². The highest BCUT2D eigenvalue weighted by atomic mass is 16.3.